The van der Waals surface area contributed by atoms with E-state index in [2.05, 4.69) is 27.9 Å². The first-order valence-electron chi connectivity index (χ1n) is 6.89. The van der Waals surface area contributed by atoms with Crippen LogP contribution in [0.25, 0.3) is 0 Å². The zero-order chi connectivity index (χ0) is 15.6. The topological polar surface area (TPSA) is 12.0 Å². The summed E-state index contributed by atoms with van der Waals surface area (Å²) in [6.07, 6.45) is 0. The molecule has 0 amide bonds. The molecule has 0 saturated carbocycles. The number of aryl methyl sites for hydroxylation is 2. The monoisotopic (exact) mass is 417 g/mol. The first kappa shape index (κ1) is 16.7. The summed E-state index contributed by atoms with van der Waals surface area (Å²) >= 11 is 8.40. The lowest BCUT2D eigenvalue weighted by atomic mass is 9.93. The Morgan fingerprint density at radius 1 is 1.24 bits per heavy atom. The van der Waals surface area contributed by atoms with E-state index in [1.54, 1.807) is 6.07 Å². The second-order valence-corrected chi connectivity index (χ2v) is 6.73. The highest BCUT2D eigenvalue weighted by Crippen LogP contribution is 2.32. The van der Waals surface area contributed by atoms with E-state index < -0.39 is 0 Å². The first-order valence-corrected chi connectivity index (χ1v) is 8.34. The van der Waals surface area contributed by atoms with Gasteiger partial charge >= 0.3 is 0 Å². The van der Waals surface area contributed by atoms with E-state index in [4.69, 9.17) is 11.6 Å². The minimum atomic E-state index is -0.193. The van der Waals surface area contributed by atoms with E-state index in [1.807, 2.05) is 45.0 Å². The van der Waals surface area contributed by atoms with E-state index in [9.17, 15) is 4.39 Å². The van der Waals surface area contributed by atoms with Gasteiger partial charge in [-0.25, -0.2) is 4.39 Å². The van der Waals surface area contributed by atoms with Gasteiger partial charge in [0.2, 0.25) is 0 Å². The zero-order valence-corrected chi connectivity index (χ0v) is 15.2. The lowest BCUT2D eigenvalue weighted by Gasteiger charge is -2.23. The molecule has 0 heterocycles. The van der Waals surface area contributed by atoms with Crippen LogP contribution in [0.5, 0.6) is 0 Å². The highest BCUT2D eigenvalue weighted by molar-refractivity contribution is 14.1. The smallest absolute Gasteiger partial charge is 0.128 e. The van der Waals surface area contributed by atoms with Crippen LogP contribution >= 0.6 is 34.2 Å². The molecule has 0 bridgehead atoms. The minimum Gasteiger partial charge on any atom is -0.306 e. The normalized spacial score (nSPS) is 12.5. The summed E-state index contributed by atoms with van der Waals surface area (Å²) in [6.45, 7) is 6.63. The second kappa shape index (κ2) is 7.07. The van der Waals surface area contributed by atoms with Crippen molar-refractivity contribution in [3.8, 4) is 0 Å². The van der Waals surface area contributed by atoms with Gasteiger partial charge in [0, 0.05) is 14.2 Å². The minimum absolute atomic E-state index is 0.172. The van der Waals surface area contributed by atoms with Gasteiger partial charge in [-0.05, 0) is 83.9 Å². The van der Waals surface area contributed by atoms with Crippen molar-refractivity contribution in [1.29, 1.82) is 0 Å². The fraction of sp³-hybridized carbons (Fsp3) is 0.294. The number of benzene rings is 2. The van der Waals surface area contributed by atoms with Gasteiger partial charge < -0.3 is 5.32 Å². The molecule has 1 atom stereocenters. The van der Waals surface area contributed by atoms with Crippen LogP contribution in [0, 0.1) is 23.2 Å². The molecule has 2 aromatic carbocycles. The molecule has 0 spiro atoms. The Bertz CT molecular complexity index is 634. The Kier molecular flexibility index (Phi) is 5.63. The van der Waals surface area contributed by atoms with Crippen LogP contribution in [-0.4, -0.2) is 6.54 Å². The molecule has 4 heteroatoms. The predicted molar refractivity (Wildman–Crippen MR) is 95.6 cm³/mol. The Hall–Kier alpha value is -0.650. The van der Waals surface area contributed by atoms with Gasteiger partial charge in [0.25, 0.3) is 0 Å². The fourth-order valence-electron chi connectivity index (χ4n) is 2.60. The van der Waals surface area contributed by atoms with E-state index in [1.165, 1.54) is 0 Å². The Balaban J connectivity index is 2.61. The summed E-state index contributed by atoms with van der Waals surface area (Å²) in [4.78, 5) is 0. The predicted octanol–water partition coefficient (Wildman–Crippen LogP) is 5.40. The second-order valence-electron chi connectivity index (χ2n) is 5.13. The Morgan fingerprint density at radius 2 is 1.95 bits per heavy atom. The summed E-state index contributed by atoms with van der Waals surface area (Å²) in [6, 6.07) is 9.14. The van der Waals surface area contributed by atoms with Crippen molar-refractivity contribution in [2.75, 3.05) is 6.54 Å². The van der Waals surface area contributed by atoms with Crippen molar-refractivity contribution in [3.05, 3.63) is 67.0 Å². The zero-order valence-electron chi connectivity index (χ0n) is 12.3. The van der Waals surface area contributed by atoms with Crippen LogP contribution in [-0.2, 0) is 0 Å². The van der Waals surface area contributed by atoms with Crippen LogP contribution in [0.1, 0.15) is 35.2 Å². The maximum absolute atomic E-state index is 14.5. The van der Waals surface area contributed by atoms with E-state index in [-0.39, 0.29) is 11.9 Å². The molecule has 1 nitrogen and oxygen atoms in total. The average molecular weight is 418 g/mol. The fourth-order valence-corrected chi connectivity index (χ4v) is 3.43. The van der Waals surface area contributed by atoms with Crippen molar-refractivity contribution in [3.63, 3.8) is 0 Å². The lowest BCUT2D eigenvalue weighted by molar-refractivity contribution is 0.554. The van der Waals surface area contributed by atoms with Crippen molar-refractivity contribution < 1.29 is 4.39 Å². The van der Waals surface area contributed by atoms with Gasteiger partial charge in [0.05, 0.1) is 6.04 Å². The number of halogens is 3. The molecular weight excluding hydrogens is 400 g/mol. The molecule has 2 aromatic rings. The van der Waals surface area contributed by atoms with E-state index in [0.717, 1.165) is 26.8 Å². The summed E-state index contributed by atoms with van der Waals surface area (Å²) in [5.74, 6) is -0.172. The van der Waals surface area contributed by atoms with Crippen molar-refractivity contribution in [2.45, 2.75) is 26.8 Å². The molecule has 112 valence electrons. The Morgan fingerprint density at radius 3 is 2.57 bits per heavy atom. The van der Waals surface area contributed by atoms with E-state index in [0.29, 0.717) is 10.6 Å². The molecule has 0 saturated heterocycles. The molecule has 2 rings (SSSR count). The highest BCUT2D eigenvalue weighted by atomic mass is 127. The van der Waals surface area contributed by atoms with Gasteiger partial charge in [0.1, 0.15) is 5.82 Å². The molecule has 0 fully saturated rings. The molecule has 0 aliphatic carbocycles. The number of nitrogens with one attached hydrogen (secondary N) is 1. The number of rotatable bonds is 4. The molecule has 21 heavy (non-hydrogen) atoms. The lowest BCUT2D eigenvalue weighted by Crippen LogP contribution is -2.25. The summed E-state index contributed by atoms with van der Waals surface area (Å²) < 4.78 is 15.6. The molecule has 0 aliphatic rings. The van der Waals surface area contributed by atoms with Gasteiger partial charge in [-0.3, -0.25) is 0 Å². The van der Waals surface area contributed by atoms with Gasteiger partial charge in [-0.1, -0.05) is 24.6 Å². The van der Waals surface area contributed by atoms with Gasteiger partial charge in [-0.2, -0.15) is 0 Å². The van der Waals surface area contributed by atoms with Crippen molar-refractivity contribution >= 4 is 34.2 Å². The standard InChI is InChI=1S/C17H18ClFIN/c1-4-21-17(13-9-12(18)5-6-15(13)20)16-11(3)7-10(2)8-14(16)19/h5-9,17,21H,4H2,1-3H3. The SMILES string of the molecule is CCNC(c1cc(Cl)ccc1I)c1c(C)cc(C)cc1F. The molecular formula is C17H18ClFIN. The third kappa shape index (κ3) is 3.76. The van der Waals surface area contributed by atoms with Crippen molar-refractivity contribution in [1.82, 2.24) is 5.32 Å². The van der Waals surface area contributed by atoms with Crippen LogP contribution in [0.2, 0.25) is 5.02 Å². The van der Waals surface area contributed by atoms with Crippen LogP contribution in [0.3, 0.4) is 0 Å². The maximum atomic E-state index is 14.5. The van der Waals surface area contributed by atoms with Gasteiger partial charge in [0.15, 0.2) is 0 Å². The summed E-state index contributed by atoms with van der Waals surface area (Å²) in [5.41, 5.74) is 3.59. The maximum Gasteiger partial charge on any atom is 0.128 e. The number of hydrogen-bond acceptors (Lipinski definition) is 1. The largest absolute Gasteiger partial charge is 0.306 e. The Labute approximate surface area is 144 Å². The van der Waals surface area contributed by atoms with E-state index >= 15 is 0 Å². The van der Waals surface area contributed by atoms with Crippen LogP contribution in [0.4, 0.5) is 4.39 Å². The van der Waals surface area contributed by atoms with Gasteiger partial charge in [-0.15, -0.1) is 0 Å². The van der Waals surface area contributed by atoms with Crippen molar-refractivity contribution in [2.24, 2.45) is 0 Å². The van der Waals surface area contributed by atoms with Crippen LogP contribution < -0.4 is 5.32 Å². The molecule has 0 aliphatic heterocycles. The number of hydrogen-bond donors (Lipinski definition) is 1. The average Bonchev–Trinajstić information content (AvgIpc) is 2.39. The first-order chi connectivity index (χ1) is 9.93. The molecule has 0 aromatic heterocycles. The summed E-state index contributed by atoms with van der Waals surface area (Å²) in [5, 5.41) is 4.05. The summed E-state index contributed by atoms with van der Waals surface area (Å²) in [7, 11) is 0. The molecule has 1 unspecified atom stereocenters. The molecule has 1 N–H and O–H groups in total. The van der Waals surface area contributed by atoms with Crippen LogP contribution in [0.15, 0.2) is 30.3 Å². The quantitative estimate of drug-likeness (QED) is 0.657. The third-order valence-electron chi connectivity index (χ3n) is 3.45. The third-order valence-corrected chi connectivity index (χ3v) is 4.66. The molecule has 0 radical (unpaired) electrons. The highest BCUT2D eigenvalue weighted by Gasteiger charge is 2.22.